The molecule has 316 valence electrons. The molecule has 13 nitrogen and oxygen atoms in total. The molecular weight excluding hydrogens is 819 g/mol. The van der Waals surface area contributed by atoms with E-state index in [0.717, 1.165) is 51.4 Å². The zero-order valence-corrected chi connectivity index (χ0v) is 36.6. The molecule has 8 heterocycles. The first-order valence-electron chi connectivity index (χ1n) is 21.3. The summed E-state index contributed by atoms with van der Waals surface area (Å²) in [5, 5.41) is 27.9. The van der Waals surface area contributed by atoms with Crippen LogP contribution in [0.25, 0.3) is 43.2 Å². The average molecular weight is 866 g/mol. The van der Waals surface area contributed by atoms with Gasteiger partial charge in [-0.1, -0.05) is 55.4 Å². The van der Waals surface area contributed by atoms with Gasteiger partial charge in [-0.2, -0.15) is 0 Å². The minimum Gasteiger partial charge on any atom is -0.507 e. The molecule has 2 aromatic carbocycles. The molecule has 0 unspecified atom stereocenters. The van der Waals surface area contributed by atoms with Gasteiger partial charge in [0.1, 0.15) is 34.0 Å². The van der Waals surface area contributed by atoms with Gasteiger partial charge in [0.2, 0.25) is 17.8 Å². The van der Waals surface area contributed by atoms with E-state index in [4.69, 9.17) is 14.5 Å². The van der Waals surface area contributed by atoms with Gasteiger partial charge in [-0.3, -0.25) is 9.59 Å². The number of aromatic nitrogens is 6. The number of thiazole rings is 1. The number of amides is 2. The average Bonchev–Trinajstić information content (AvgIpc) is 4.11. The third-order valence-corrected chi connectivity index (χ3v) is 15.1. The van der Waals surface area contributed by atoms with Gasteiger partial charge in [0, 0.05) is 65.4 Å². The molecule has 3 saturated heterocycles. The molecule has 1 saturated carbocycles. The van der Waals surface area contributed by atoms with Crippen molar-refractivity contribution in [2.45, 2.75) is 70.9 Å². The Morgan fingerprint density at radius 2 is 1.69 bits per heavy atom. The van der Waals surface area contributed by atoms with Crippen LogP contribution >= 0.6 is 22.7 Å². The summed E-state index contributed by atoms with van der Waals surface area (Å²) in [5.41, 5.74) is 7.56. The highest BCUT2D eigenvalue weighted by Crippen LogP contribution is 2.54. The molecule has 4 fully saturated rings. The van der Waals surface area contributed by atoms with Crippen LogP contribution < -0.4 is 10.2 Å². The standard InChI is InChI=1S/C47H47N9O4S2/c1-25(2)41(46(59)56-15-7-9-37(56)44(58)51-26(3)28-11-13-29(14-12-28)43-27(4)50-24-61-43)39-19-35(54-60-39)33-20-48-47(49-21-33)55-22-31-16-32(23-55)42(31)40-18-30-17-36(52-53-45(30)62-40)34-8-5-6-10-38(34)57/h5-6,8,10-14,17-21,24-26,31-32,37,41-42,57H,7,9,15-16,22-23H2,1-4H3,(H,51,58)/t26-,31-,32+,37-,41+,42+/m0/s1. The predicted molar refractivity (Wildman–Crippen MR) is 240 cm³/mol. The number of carbonyl (C=O) groups is 2. The molecular formula is C47H47N9O4S2. The minimum absolute atomic E-state index is 0.0954. The molecule has 2 N–H and O–H groups in total. The zero-order valence-electron chi connectivity index (χ0n) is 34.9. The molecule has 2 bridgehead atoms. The van der Waals surface area contributed by atoms with Gasteiger partial charge in [-0.25, -0.2) is 15.0 Å². The summed E-state index contributed by atoms with van der Waals surface area (Å²) in [6.45, 7) is 10.2. The zero-order chi connectivity index (χ0) is 42.6. The Hall–Kier alpha value is -6.06. The molecule has 3 aliphatic heterocycles. The van der Waals surface area contributed by atoms with Gasteiger partial charge in [0.05, 0.1) is 27.8 Å². The molecule has 0 radical (unpaired) electrons. The van der Waals surface area contributed by atoms with Gasteiger partial charge >= 0.3 is 0 Å². The number of hydrogen-bond acceptors (Lipinski definition) is 13. The second-order valence-corrected chi connectivity index (χ2v) is 19.2. The fourth-order valence-electron chi connectivity index (χ4n) is 9.67. The second kappa shape index (κ2) is 16.3. The van der Waals surface area contributed by atoms with Crippen LogP contribution in [0.2, 0.25) is 0 Å². The molecule has 1 aliphatic carbocycles. The van der Waals surface area contributed by atoms with Crippen molar-refractivity contribution in [3.63, 3.8) is 0 Å². The molecule has 0 spiro atoms. The maximum Gasteiger partial charge on any atom is 0.243 e. The molecule has 11 rings (SSSR count). The number of nitrogens with zero attached hydrogens (tertiary/aromatic N) is 8. The summed E-state index contributed by atoms with van der Waals surface area (Å²) in [4.78, 5) is 49.3. The number of aromatic hydroxyl groups is 1. The molecule has 62 heavy (non-hydrogen) atoms. The first kappa shape index (κ1) is 40.0. The minimum atomic E-state index is -0.606. The van der Waals surface area contributed by atoms with Crippen molar-refractivity contribution in [2.24, 2.45) is 17.8 Å². The van der Waals surface area contributed by atoms with E-state index in [2.05, 4.69) is 48.8 Å². The van der Waals surface area contributed by atoms with Gasteiger partial charge < -0.3 is 24.7 Å². The number of aryl methyl sites for hydroxylation is 1. The van der Waals surface area contributed by atoms with E-state index in [1.165, 1.54) is 11.3 Å². The topological polar surface area (TPSA) is 163 Å². The SMILES string of the molecule is Cc1ncsc1-c1ccc([C@H](C)NC(=O)[C@@H]2CCCN2C(=O)[C@@H](c2cc(-c3cnc(N4C[C@H]5C[C@@H](C4)[C@H]5c4cc5cc(-c6ccccc6O)nnc5s4)nc3)no2)C(C)C)cc1. The van der Waals surface area contributed by atoms with Crippen molar-refractivity contribution in [2.75, 3.05) is 24.5 Å². The second-order valence-electron chi connectivity index (χ2n) is 17.3. The number of thiophene rings is 1. The number of nitrogens with one attached hydrogen (secondary N) is 1. The Balaban J connectivity index is 0.773. The van der Waals surface area contributed by atoms with Gasteiger partial charge in [-0.15, -0.1) is 32.9 Å². The van der Waals surface area contributed by atoms with Crippen molar-refractivity contribution in [1.29, 1.82) is 0 Å². The summed E-state index contributed by atoms with van der Waals surface area (Å²) in [6, 6.07) is 20.7. The number of fused-ring (bicyclic) bond motifs is 3. The number of para-hydroxylation sites is 1. The third kappa shape index (κ3) is 7.40. The number of likely N-dealkylation sites (tertiary alicyclic amines) is 1. The highest BCUT2D eigenvalue weighted by Gasteiger charge is 2.48. The summed E-state index contributed by atoms with van der Waals surface area (Å²) < 4.78 is 5.88. The third-order valence-electron chi connectivity index (χ3n) is 12.9. The summed E-state index contributed by atoms with van der Waals surface area (Å²) in [5.74, 6) is 1.79. The molecule has 15 heteroatoms. The molecule has 7 aromatic rings. The Labute approximate surface area is 367 Å². The number of carbonyl (C=O) groups excluding carboxylic acids is 2. The Morgan fingerprint density at radius 3 is 2.42 bits per heavy atom. The van der Waals surface area contributed by atoms with Gasteiger partial charge in [0.15, 0.2) is 0 Å². The first-order chi connectivity index (χ1) is 30.1. The van der Waals surface area contributed by atoms with Crippen LogP contribution in [0.3, 0.4) is 0 Å². The van der Waals surface area contributed by atoms with Crippen LogP contribution in [0.15, 0.2) is 89.2 Å². The monoisotopic (exact) mass is 865 g/mol. The smallest absolute Gasteiger partial charge is 0.243 e. The van der Waals surface area contributed by atoms with Crippen LogP contribution in [0, 0.1) is 24.7 Å². The number of benzene rings is 2. The fraction of sp³-hybridized carbons (Fsp3) is 0.362. The summed E-state index contributed by atoms with van der Waals surface area (Å²) >= 11 is 3.33. The molecule has 2 amide bonds. The van der Waals surface area contributed by atoms with Crippen molar-refractivity contribution in [3.05, 3.63) is 107 Å². The van der Waals surface area contributed by atoms with Crippen LogP contribution in [0.1, 0.15) is 79.8 Å². The number of phenols is 1. The number of piperidine rings is 2. The maximum atomic E-state index is 14.3. The number of rotatable bonds is 11. The fourth-order valence-corrected chi connectivity index (χ4v) is 11.7. The first-order valence-corrected chi connectivity index (χ1v) is 23.0. The van der Waals surface area contributed by atoms with Crippen molar-refractivity contribution in [1.82, 2.24) is 40.5 Å². The molecule has 6 atom stereocenters. The lowest BCUT2D eigenvalue weighted by atomic mass is 9.61. The highest BCUT2D eigenvalue weighted by atomic mass is 32.1. The van der Waals surface area contributed by atoms with Crippen molar-refractivity contribution in [3.8, 4) is 38.7 Å². The van der Waals surface area contributed by atoms with Gasteiger partial charge in [-0.05, 0) is 86.3 Å². The lowest BCUT2D eigenvalue weighted by molar-refractivity contribution is -0.141. The van der Waals surface area contributed by atoms with Crippen molar-refractivity contribution >= 4 is 50.7 Å². The van der Waals surface area contributed by atoms with E-state index in [1.807, 2.05) is 69.6 Å². The van der Waals surface area contributed by atoms with Crippen LogP contribution in [0.4, 0.5) is 5.95 Å². The van der Waals surface area contributed by atoms with E-state index < -0.39 is 12.0 Å². The normalized spacial score (nSPS) is 20.7. The lowest BCUT2D eigenvalue weighted by Crippen LogP contribution is -2.54. The Morgan fingerprint density at radius 1 is 0.919 bits per heavy atom. The quantitative estimate of drug-likeness (QED) is 0.128. The van der Waals surface area contributed by atoms with E-state index in [1.54, 1.807) is 52.1 Å². The Bertz CT molecular complexity index is 2750. The van der Waals surface area contributed by atoms with Crippen molar-refractivity contribution < 1.29 is 19.2 Å². The summed E-state index contributed by atoms with van der Waals surface area (Å²) in [6.07, 6.45) is 6.07. The van der Waals surface area contributed by atoms with Crippen LogP contribution in [-0.4, -0.2) is 77.8 Å². The van der Waals surface area contributed by atoms with E-state index in [9.17, 15) is 14.7 Å². The highest BCUT2D eigenvalue weighted by molar-refractivity contribution is 7.18. The lowest BCUT2D eigenvalue weighted by Gasteiger charge is -2.53. The van der Waals surface area contributed by atoms with Crippen LogP contribution in [-0.2, 0) is 9.59 Å². The number of hydrogen-bond donors (Lipinski definition) is 2. The molecule has 4 aliphatic rings. The van der Waals surface area contributed by atoms with Gasteiger partial charge in [0.25, 0.3) is 0 Å². The number of phenolic OH excluding ortho intramolecular Hbond substituents is 1. The van der Waals surface area contributed by atoms with E-state index in [0.29, 0.717) is 64.9 Å². The maximum absolute atomic E-state index is 14.3. The molecule has 5 aromatic heterocycles. The van der Waals surface area contributed by atoms with E-state index >= 15 is 0 Å². The summed E-state index contributed by atoms with van der Waals surface area (Å²) in [7, 11) is 0. The number of anilines is 1. The van der Waals surface area contributed by atoms with E-state index in [-0.39, 0.29) is 29.5 Å². The Kier molecular flexibility index (Phi) is 10.5. The van der Waals surface area contributed by atoms with Crippen LogP contribution in [0.5, 0.6) is 5.75 Å². The largest absolute Gasteiger partial charge is 0.507 e. The predicted octanol–water partition coefficient (Wildman–Crippen LogP) is 8.79.